The lowest BCUT2D eigenvalue weighted by molar-refractivity contribution is 1.09. The summed E-state index contributed by atoms with van der Waals surface area (Å²) in [5.41, 5.74) is 3.65. The summed E-state index contributed by atoms with van der Waals surface area (Å²) in [6.45, 7) is 6.81. The third-order valence-corrected chi connectivity index (χ3v) is 2.64. The number of nitrogens with zero attached hydrogens (tertiary/aromatic N) is 1. The van der Waals surface area contributed by atoms with E-state index < -0.39 is 0 Å². The summed E-state index contributed by atoms with van der Waals surface area (Å²) in [5, 5.41) is 0. The van der Waals surface area contributed by atoms with Gasteiger partial charge >= 0.3 is 0 Å². The second-order valence-corrected chi connectivity index (χ2v) is 3.82. The fourth-order valence-corrected chi connectivity index (χ4v) is 1.74. The van der Waals surface area contributed by atoms with Crippen LogP contribution in [0, 0.1) is 13.8 Å². The van der Waals surface area contributed by atoms with Gasteiger partial charge in [-0.3, -0.25) is 0 Å². The van der Waals surface area contributed by atoms with Gasteiger partial charge in [-0.1, -0.05) is 35.9 Å². The van der Waals surface area contributed by atoms with E-state index in [1.807, 2.05) is 18.2 Å². The summed E-state index contributed by atoms with van der Waals surface area (Å²) in [6.07, 6.45) is 0. The maximum absolute atomic E-state index is 3.99. The Morgan fingerprint density at radius 3 is 2.00 bits per heavy atom. The molecule has 0 amide bonds. The Bertz CT molecular complexity index is 431. The average Bonchev–Trinajstić information content (AvgIpc) is 2.34. The van der Waals surface area contributed by atoms with Gasteiger partial charge in [0.15, 0.2) is 0 Å². The van der Waals surface area contributed by atoms with Crippen molar-refractivity contribution in [1.82, 2.24) is 0 Å². The first kappa shape index (κ1) is 10.7. The van der Waals surface area contributed by atoms with E-state index in [0.717, 1.165) is 6.54 Å². The molecule has 0 N–H and O–H groups in total. The van der Waals surface area contributed by atoms with Crippen LogP contribution in [0.1, 0.15) is 5.56 Å². The molecule has 2 rings (SSSR count). The van der Waals surface area contributed by atoms with Gasteiger partial charge in [0.25, 0.3) is 0 Å². The van der Waals surface area contributed by atoms with Crippen LogP contribution in [0.25, 0.3) is 0 Å². The SMILES string of the molecule is [CH2]CN(c1ccccc1)c1ccc(C)cc1. The van der Waals surface area contributed by atoms with Crippen LogP contribution in [-0.2, 0) is 0 Å². The van der Waals surface area contributed by atoms with Crippen molar-refractivity contribution in [2.75, 3.05) is 11.4 Å². The standard InChI is InChI=1S/C15H16N/c1-3-16(14-7-5-4-6-8-14)15-11-9-13(2)10-12-15/h4-12H,1,3H2,2H3. The summed E-state index contributed by atoms with van der Waals surface area (Å²) in [4.78, 5) is 2.19. The van der Waals surface area contributed by atoms with Gasteiger partial charge in [0.1, 0.15) is 0 Å². The third-order valence-electron chi connectivity index (χ3n) is 2.64. The summed E-state index contributed by atoms with van der Waals surface area (Å²) in [7, 11) is 0. The lowest BCUT2D eigenvalue weighted by Gasteiger charge is -2.23. The Morgan fingerprint density at radius 2 is 1.44 bits per heavy atom. The maximum Gasteiger partial charge on any atom is 0.0410 e. The molecule has 0 spiro atoms. The van der Waals surface area contributed by atoms with E-state index in [2.05, 4.69) is 55.1 Å². The number of para-hydroxylation sites is 1. The minimum Gasteiger partial charge on any atom is -0.341 e. The van der Waals surface area contributed by atoms with E-state index in [1.165, 1.54) is 16.9 Å². The summed E-state index contributed by atoms with van der Waals surface area (Å²) in [5.74, 6) is 0. The van der Waals surface area contributed by atoms with Crippen molar-refractivity contribution < 1.29 is 0 Å². The molecule has 2 aromatic carbocycles. The molecule has 0 aliphatic carbocycles. The molecule has 1 heteroatoms. The molecule has 1 nitrogen and oxygen atoms in total. The first-order valence-corrected chi connectivity index (χ1v) is 5.50. The van der Waals surface area contributed by atoms with E-state index in [4.69, 9.17) is 0 Å². The van der Waals surface area contributed by atoms with Crippen LogP contribution in [0.3, 0.4) is 0 Å². The van der Waals surface area contributed by atoms with Crippen molar-refractivity contribution >= 4 is 11.4 Å². The quantitative estimate of drug-likeness (QED) is 0.741. The largest absolute Gasteiger partial charge is 0.341 e. The van der Waals surface area contributed by atoms with Gasteiger partial charge in [-0.15, -0.1) is 0 Å². The Kier molecular flexibility index (Phi) is 3.25. The van der Waals surface area contributed by atoms with Crippen molar-refractivity contribution in [3.8, 4) is 0 Å². The van der Waals surface area contributed by atoms with Gasteiger partial charge in [0.05, 0.1) is 0 Å². The van der Waals surface area contributed by atoms with E-state index in [9.17, 15) is 0 Å². The minimum absolute atomic E-state index is 0.729. The van der Waals surface area contributed by atoms with E-state index in [0.29, 0.717) is 0 Å². The van der Waals surface area contributed by atoms with Crippen LogP contribution in [0.5, 0.6) is 0 Å². The van der Waals surface area contributed by atoms with Crippen molar-refractivity contribution in [1.29, 1.82) is 0 Å². The maximum atomic E-state index is 3.99. The summed E-state index contributed by atoms with van der Waals surface area (Å²) >= 11 is 0. The highest BCUT2D eigenvalue weighted by Gasteiger charge is 2.05. The first-order valence-electron chi connectivity index (χ1n) is 5.50. The highest BCUT2D eigenvalue weighted by Crippen LogP contribution is 2.24. The molecule has 81 valence electrons. The van der Waals surface area contributed by atoms with Gasteiger partial charge < -0.3 is 4.90 Å². The Labute approximate surface area is 97.3 Å². The number of hydrogen-bond acceptors (Lipinski definition) is 1. The minimum atomic E-state index is 0.729. The van der Waals surface area contributed by atoms with Gasteiger partial charge in [-0.25, -0.2) is 0 Å². The van der Waals surface area contributed by atoms with E-state index in [1.54, 1.807) is 0 Å². The van der Waals surface area contributed by atoms with Crippen LogP contribution < -0.4 is 4.90 Å². The molecule has 0 aliphatic rings. The smallest absolute Gasteiger partial charge is 0.0410 e. The molecule has 2 aromatic rings. The summed E-state index contributed by atoms with van der Waals surface area (Å²) < 4.78 is 0. The van der Waals surface area contributed by atoms with Gasteiger partial charge in [-0.2, -0.15) is 0 Å². The molecule has 0 atom stereocenters. The lowest BCUT2D eigenvalue weighted by Crippen LogP contribution is -2.15. The molecule has 0 saturated carbocycles. The first-order chi connectivity index (χ1) is 7.81. The topological polar surface area (TPSA) is 3.24 Å². The summed E-state index contributed by atoms with van der Waals surface area (Å²) in [6, 6.07) is 18.8. The molecule has 0 heterocycles. The fraction of sp³-hybridized carbons (Fsp3) is 0.133. The number of rotatable bonds is 3. The van der Waals surface area contributed by atoms with Crippen molar-refractivity contribution in [3.63, 3.8) is 0 Å². The molecule has 0 aliphatic heterocycles. The van der Waals surface area contributed by atoms with Crippen LogP contribution in [-0.4, -0.2) is 6.54 Å². The van der Waals surface area contributed by atoms with Crippen molar-refractivity contribution in [2.24, 2.45) is 0 Å². The monoisotopic (exact) mass is 210 g/mol. The Morgan fingerprint density at radius 1 is 0.875 bits per heavy atom. The van der Waals surface area contributed by atoms with Crippen LogP contribution in [0.4, 0.5) is 11.4 Å². The predicted molar refractivity (Wildman–Crippen MR) is 70.0 cm³/mol. The number of benzene rings is 2. The molecule has 1 radical (unpaired) electrons. The second kappa shape index (κ2) is 4.84. The van der Waals surface area contributed by atoms with E-state index >= 15 is 0 Å². The molecule has 0 saturated heterocycles. The zero-order chi connectivity index (χ0) is 11.4. The second-order valence-electron chi connectivity index (χ2n) is 3.82. The molecular weight excluding hydrogens is 194 g/mol. The van der Waals surface area contributed by atoms with Crippen molar-refractivity contribution in [2.45, 2.75) is 6.92 Å². The highest BCUT2D eigenvalue weighted by molar-refractivity contribution is 5.63. The third kappa shape index (κ3) is 2.25. The zero-order valence-electron chi connectivity index (χ0n) is 9.56. The Hall–Kier alpha value is -1.76. The fourth-order valence-electron chi connectivity index (χ4n) is 1.74. The Balaban J connectivity index is 2.33. The van der Waals surface area contributed by atoms with E-state index in [-0.39, 0.29) is 0 Å². The zero-order valence-corrected chi connectivity index (χ0v) is 9.56. The molecule has 0 fully saturated rings. The molecule has 0 unspecified atom stereocenters. The molecule has 0 bridgehead atoms. The molecule has 16 heavy (non-hydrogen) atoms. The van der Waals surface area contributed by atoms with Gasteiger partial charge in [-0.05, 0) is 38.1 Å². The average molecular weight is 210 g/mol. The van der Waals surface area contributed by atoms with Gasteiger partial charge in [0, 0.05) is 17.9 Å². The predicted octanol–water partition coefficient (Wildman–Crippen LogP) is 3.97. The van der Waals surface area contributed by atoms with Gasteiger partial charge in [0.2, 0.25) is 0 Å². The molecular formula is C15H16N. The van der Waals surface area contributed by atoms with Crippen molar-refractivity contribution in [3.05, 3.63) is 67.1 Å². The normalized spacial score (nSPS) is 10.1. The number of aryl methyl sites for hydroxylation is 1. The lowest BCUT2D eigenvalue weighted by atomic mass is 10.2. The van der Waals surface area contributed by atoms with Crippen LogP contribution >= 0.6 is 0 Å². The van der Waals surface area contributed by atoms with Crippen LogP contribution in [0.15, 0.2) is 54.6 Å². The molecule has 0 aromatic heterocycles. The number of hydrogen-bond donors (Lipinski definition) is 0. The van der Waals surface area contributed by atoms with Crippen LogP contribution in [0.2, 0.25) is 0 Å². The highest BCUT2D eigenvalue weighted by atomic mass is 15.1. The number of anilines is 2.